The first-order chi connectivity index (χ1) is 8.79. The topological polar surface area (TPSA) is 66.5 Å². The second kappa shape index (κ2) is 6.61. The Morgan fingerprint density at radius 3 is 2.89 bits per heavy atom. The Morgan fingerprint density at radius 2 is 2.28 bits per heavy atom. The molecule has 1 atom stereocenters. The van der Waals surface area contributed by atoms with Gasteiger partial charge in [-0.15, -0.1) is 0 Å². The molecule has 0 saturated heterocycles. The Bertz CT molecular complexity index is 454. The average Bonchev–Trinajstić information content (AvgIpc) is 2.90. The van der Waals surface area contributed by atoms with Gasteiger partial charge in [0.1, 0.15) is 12.2 Å². The van der Waals surface area contributed by atoms with Gasteiger partial charge >= 0.3 is 0 Å². The van der Waals surface area contributed by atoms with Gasteiger partial charge in [-0.1, -0.05) is 6.92 Å². The van der Waals surface area contributed by atoms with Crippen molar-refractivity contribution < 1.29 is 0 Å². The van der Waals surface area contributed by atoms with Crippen LogP contribution in [0.15, 0.2) is 29.1 Å². The van der Waals surface area contributed by atoms with Crippen LogP contribution < -0.4 is 5.32 Å². The Hall–Kier alpha value is -1.27. The van der Waals surface area contributed by atoms with E-state index in [0.717, 1.165) is 35.4 Å². The Labute approximate surface area is 115 Å². The summed E-state index contributed by atoms with van der Waals surface area (Å²) in [6.07, 6.45) is 5.22. The normalized spacial score (nSPS) is 12.6. The van der Waals surface area contributed by atoms with Gasteiger partial charge in [-0.25, -0.2) is 4.98 Å². The van der Waals surface area contributed by atoms with Crippen LogP contribution in [0.4, 0.5) is 0 Å². The number of pyridine rings is 1. The number of nitrogens with one attached hydrogen (secondary N) is 2. The lowest BCUT2D eigenvalue weighted by atomic mass is 10.1. The summed E-state index contributed by atoms with van der Waals surface area (Å²) in [7, 11) is 0. The number of hydrogen-bond donors (Lipinski definition) is 2. The van der Waals surface area contributed by atoms with Crippen molar-refractivity contribution in [1.29, 1.82) is 0 Å². The molecule has 0 bridgehead atoms. The smallest absolute Gasteiger partial charge is 0.141 e. The minimum absolute atomic E-state index is 0.126. The molecule has 0 aromatic carbocycles. The number of aromatic amines is 1. The summed E-state index contributed by atoms with van der Waals surface area (Å²) in [5, 5.41) is 10.3. The SMILES string of the molecule is CCCNC(Cc1ccc(Br)cn1)c1ncn[nH]1. The van der Waals surface area contributed by atoms with Crippen LogP contribution in [0.1, 0.15) is 30.9 Å². The summed E-state index contributed by atoms with van der Waals surface area (Å²) >= 11 is 3.39. The zero-order valence-corrected chi connectivity index (χ0v) is 11.8. The fourth-order valence-corrected chi connectivity index (χ4v) is 1.94. The quantitative estimate of drug-likeness (QED) is 0.859. The highest BCUT2D eigenvalue weighted by atomic mass is 79.9. The lowest BCUT2D eigenvalue weighted by Gasteiger charge is -2.15. The summed E-state index contributed by atoms with van der Waals surface area (Å²) in [6.45, 7) is 3.09. The molecule has 2 rings (SSSR count). The molecule has 0 aliphatic rings. The number of halogens is 1. The van der Waals surface area contributed by atoms with Crippen LogP contribution in [0.5, 0.6) is 0 Å². The third-order valence-corrected chi connectivity index (χ3v) is 3.08. The van der Waals surface area contributed by atoms with Gasteiger partial charge in [0.05, 0.1) is 6.04 Å². The standard InChI is InChI=1S/C12H16BrN5/c1-2-5-14-11(12-16-8-17-18-12)6-10-4-3-9(13)7-15-10/h3-4,7-8,11,14H,2,5-6H2,1H3,(H,16,17,18). The molecule has 0 aliphatic heterocycles. The molecule has 2 N–H and O–H groups in total. The zero-order chi connectivity index (χ0) is 12.8. The minimum Gasteiger partial charge on any atom is -0.307 e. The molecule has 5 nitrogen and oxygen atoms in total. The predicted molar refractivity (Wildman–Crippen MR) is 73.1 cm³/mol. The first-order valence-electron chi connectivity index (χ1n) is 5.98. The van der Waals surface area contributed by atoms with E-state index in [1.165, 1.54) is 6.33 Å². The Balaban J connectivity index is 2.07. The van der Waals surface area contributed by atoms with E-state index < -0.39 is 0 Å². The largest absolute Gasteiger partial charge is 0.307 e. The Kier molecular flexibility index (Phi) is 4.83. The van der Waals surface area contributed by atoms with Gasteiger partial charge in [-0.2, -0.15) is 5.10 Å². The summed E-state index contributed by atoms with van der Waals surface area (Å²) in [4.78, 5) is 8.60. The van der Waals surface area contributed by atoms with E-state index in [4.69, 9.17) is 0 Å². The van der Waals surface area contributed by atoms with Gasteiger partial charge in [0.15, 0.2) is 0 Å². The van der Waals surface area contributed by atoms with Gasteiger partial charge in [0.25, 0.3) is 0 Å². The van der Waals surface area contributed by atoms with Crippen LogP contribution in [-0.2, 0) is 6.42 Å². The molecule has 0 spiro atoms. The molecule has 2 heterocycles. The molecule has 0 amide bonds. The van der Waals surface area contributed by atoms with Crippen molar-refractivity contribution in [2.45, 2.75) is 25.8 Å². The molecule has 0 radical (unpaired) electrons. The molecular weight excluding hydrogens is 294 g/mol. The summed E-state index contributed by atoms with van der Waals surface area (Å²) < 4.78 is 0.990. The fourth-order valence-electron chi connectivity index (χ4n) is 1.70. The van der Waals surface area contributed by atoms with Crippen molar-refractivity contribution in [3.8, 4) is 0 Å². The van der Waals surface area contributed by atoms with E-state index in [0.29, 0.717) is 0 Å². The molecule has 2 aromatic rings. The maximum absolute atomic E-state index is 4.39. The Morgan fingerprint density at radius 1 is 1.39 bits per heavy atom. The highest BCUT2D eigenvalue weighted by Crippen LogP contribution is 2.15. The number of nitrogens with zero attached hydrogens (tertiary/aromatic N) is 3. The lowest BCUT2D eigenvalue weighted by Crippen LogP contribution is -2.25. The number of H-pyrrole nitrogens is 1. The van der Waals surface area contributed by atoms with Crippen molar-refractivity contribution >= 4 is 15.9 Å². The van der Waals surface area contributed by atoms with Crippen molar-refractivity contribution in [3.05, 3.63) is 40.6 Å². The summed E-state index contributed by atoms with van der Waals surface area (Å²) in [5.41, 5.74) is 1.03. The van der Waals surface area contributed by atoms with Gasteiger partial charge in [0.2, 0.25) is 0 Å². The van der Waals surface area contributed by atoms with E-state index in [2.05, 4.69) is 48.3 Å². The molecule has 6 heteroatoms. The third-order valence-electron chi connectivity index (χ3n) is 2.61. The van der Waals surface area contributed by atoms with E-state index in [1.54, 1.807) is 0 Å². The second-order valence-corrected chi connectivity index (χ2v) is 4.96. The number of rotatable bonds is 6. The second-order valence-electron chi connectivity index (χ2n) is 4.05. The van der Waals surface area contributed by atoms with E-state index in [9.17, 15) is 0 Å². The molecular formula is C12H16BrN5. The van der Waals surface area contributed by atoms with Crippen LogP contribution in [0.3, 0.4) is 0 Å². The van der Waals surface area contributed by atoms with Crippen molar-refractivity contribution in [1.82, 2.24) is 25.5 Å². The van der Waals surface area contributed by atoms with Crippen LogP contribution in [0.2, 0.25) is 0 Å². The first kappa shape index (κ1) is 13.2. The summed E-state index contributed by atoms with van der Waals surface area (Å²) in [6, 6.07) is 4.14. The van der Waals surface area contributed by atoms with Gasteiger partial charge in [-0.3, -0.25) is 10.1 Å². The predicted octanol–water partition coefficient (Wildman–Crippen LogP) is 2.25. The van der Waals surface area contributed by atoms with Crippen molar-refractivity contribution in [3.63, 3.8) is 0 Å². The first-order valence-corrected chi connectivity index (χ1v) is 6.78. The van der Waals surface area contributed by atoms with E-state index in [1.807, 2.05) is 18.3 Å². The lowest BCUT2D eigenvalue weighted by molar-refractivity contribution is 0.501. The molecule has 18 heavy (non-hydrogen) atoms. The monoisotopic (exact) mass is 309 g/mol. The molecule has 1 unspecified atom stereocenters. The maximum atomic E-state index is 4.39. The highest BCUT2D eigenvalue weighted by molar-refractivity contribution is 9.10. The van der Waals surface area contributed by atoms with Crippen molar-refractivity contribution in [2.24, 2.45) is 0 Å². The minimum atomic E-state index is 0.126. The van der Waals surface area contributed by atoms with Gasteiger partial charge in [-0.05, 0) is 41.0 Å². The third kappa shape index (κ3) is 3.61. The molecule has 0 saturated carbocycles. The number of hydrogen-bond acceptors (Lipinski definition) is 4. The van der Waals surface area contributed by atoms with Gasteiger partial charge in [0, 0.05) is 22.8 Å². The maximum Gasteiger partial charge on any atom is 0.141 e. The van der Waals surface area contributed by atoms with E-state index >= 15 is 0 Å². The highest BCUT2D eigenvalue weighted by Gasteiger charge is 2.14. The molecule has 0 aliphatic carbocycles. The zero-order valence-electron chi connectivity index (χ0n) is 10.2. The van der Waals surface area contributed by atoms with Crippen molar-refractivity contribution in [2.75, 3.05) is 6.54 Å². The average molecular weight is 310 g/mol. The van der Waals surface area contributed by atoms with Crippen LogP contribution in [0, 0.1) is 0 Å². The molecule has 0 fully saturated rings. The van der Waals surface area contributed by atoms with Crippen LogP contribution in [0.25, 0.3) is 0 Å². The number of aromatic nitrogens is 4. The van der Waals surface area contributed by atoms with E-state index in [-0.39, 0.29) is 6.04 Å². The molecule has 96 valence electrons. The van der Waals surface area contributed by atoms with Crippen LogP contribution >= 0.6 is 15.9 Å². The fraction of sp³-hybridized carbons (Fsp3) is 0.417. The molecule has 2 aromatic heterocycles. The van der Waals surface area contributed by atoms with Crippen LogP contribution in [-0.4, -0.2) is 26.7 Å². The van der Waals surface area contributed by atoms with Gasteiger partial charge < -0.3 is 5.32 Å². The summed E-state index contributed by atoms with van der Waals surface area (Å²) in [5.74, 6) is 0.855.